The van der Waals surface area contributed by atoms with Crippen molar-refractivity contribution in [1.29, 1.82) is 0 Å². The minimum absolute atomic E-state index is 0.107. The molecule has 1 unspecified atom stereocenters. The van der Waals surface area contributed by atoms with Gasteiger partial charge in [-0.3, -0.25) is 0 Å². The van der Waals surface area contributed by atoms with E-state index in [1.807, 2.05) is 11.0 Å². The number of phenols is 1. The first-order valence-corrected chi connectivity index (χ1v) is 5.57. The fourth-order valence-corrected chi connectivity index (χ4v) is 1.68. The average Bonchev–Trinajstić information content (AvgIpc) is 2.28. The zero-order chi connectivity index (χ0) is 12.8. The van der Waals surface area contributed by atoms with E-state index in [0.717, 1.165) is 5.69 Å². The summed E-state index contributed by atoms with van der Waals surface area (Å²) in [5.74, 6) is 0.107. The number of aliphatic hydroxyl groups excluding tert-OH is 1. The minimum Gasteiger partial charge on any atom is -0.507 e. The van der Waals surface area contributed by atoms with Crippen LogP contribution < -0.4 is 4.90 Å². The number of phenolic OH excluding ortho intramolecular Hbond substituents is 1. The van der Waals surface area contributed by atoms with Crippen LogP contribution in [0, 0.1) is 0 Å². The highest BCUT2D eigenvalue weighted by atomic mass is 16.3. The van der Waals surface area contributed by atoms with Gasteiger partial charge < -0.3 is 15.1 Å². The summed E-state index contributed by atoms with van der Waals surface area (Å²) in [5.41, 5.74) is 1.41. The Kier molecular flexibility index (Phi) is 4.79. The Morgan fingerprint density at radius 3 is 2.29 bits per heavy atom. The molecule has 3 heteroatoms. The van der Waals surface area contributed by atoms with Crippen LogP contribution in [0.4, 0.5) is 5.69 Å². The number of aromatic hydroxyl groups is 1. The van der Waals surface area contributed by atoms with Gasteiger partial charge in [-0.25, -0.2) is 0 Å². The van der Waals surface area contributed by atoms with E-state index in [9.17, 15) is 10.2 Å². The highest BCUT2D eigenvalue weighted by Gasteiger charge is 2.10. The first-order chi connectivity index (χ1) is 8.10. The molecule has 0 spiro atoms. The van der Waals surface area contributed by atoms with Gasteiger partial charge in [0.1, 0.15) is 5.75 Å². The summed E-state index contributed by atoms with van der Waals surface area (Å²) < 4.78 is 0. The first-order valence-electron chi connectivity index (χ1n) is 5.57. The Morgan fingerprint density at radius 2 is 1.88 bits per heavy atom. The summed E-state index contributed by atoms with van der Waals surface area (Å²) in [6.45, 7) is 10.4. The van der Waals surface area contributed by atoms with E-state index in [1.54, 1.807) is 31.2 Å². The van der Waals surface area contributed by atoms with Crippen LogP contribution in [0.5, 0.6) is 5.75 Å². The normalized spacial score (nSPS) is 11.9. The van der Waals surface area contributed by atoms with Gasteiger partial charge in [-0.1, -0.05) is 18.2 Å². The van der Waals surface area contributed by atoms with Crippen molar-refractivity contribution in [3.8, 4) is 5.75 Å². The summed E-state index contributed by atoms with van der Waals surface area (Å²) in [5, 5.41) is 19.2. The molecule has 0 aliphatic heterocycles. The van der Waals surface area contributed by atoms with E-state index in [-0.39, 0.29) is 5.75 Å². The first kappa shape index (κ1) is 13.3. The third-order valence-corrected chi connectivity index (χ3v) is 2.53. The maximum absolute atomic E-state index is 9.81. The second-order valence-corrected chi connectivity index (χ2v) is 3.90. The number of anilines is 1. The lowest BCUT2D eigenvalue weighted by Gasteiger charge is -2.22. The number of nitrogens with zero attached hydrogens (tertiary/aromatic N) is 1. The average molecular weight is 233 g/mol. The summed E-state index contributed by atoms with van der Waals surface area (Å²) in [6, 6.07) is 5.25. The van der Waals surface area contributed by atoms with Crippen LogP contribution >= 0.6 is 0 Å². The maximum atomic E-state index is 9.81. The molecule has 17 heavy (non-hydrogen) atoms. The third-order valence-electron chi connectivity index (χ3n) is 2.53. The molecule has 0 amide bonds. The monoisotopic (exact) mass is 233 g/mol. The highest BCUT2D eigenvalue weighted by molar-refractivity contribution is 5.54. The van der Waals surface area contributed by atoms with Crippen LogP contribution in [0.1, 0.15) is 18.6 Å². The molecule has 0 aliphatic carbocycles. The predicted molar refractivity (Wildman–Crippen MR) is 71.3 cm³/mol. The molecule has 1 rings (SSSR count). The van der Waals surface area contributed by atoms with Crippen LogP contribution in [0.15, 0.2) is 43.5 Å². The molecule has 3 nitrogen and oxygen atoms in total. The molecule has 0 bridgehead atoms. The van der Waals surface area contributed by atoms with Crippen LogP contribution in [0.25, 0.3) is 0 Å². The predicted octanol–water partition coefficient (Wildman–Crippen LogP) is 2.62. The molecule has 2 N–H and O–H groups in total. The molecular weight excluding hydrogens is 214 g/mol. The molecule has 0 aliphatic rings. The SMILES string of the molecule is C=CCN(CC=C)c1ccc(C(C)O)c(O)c1. The van der Waals surface area contributed by atoms with E-state index < -0.39 is 6.10 Å². The lowest BCUT2D eigenvalue weighted by molar-refractivity contribution is 0.195. The topological polar surface area (TPSA) is 43.7 Å². The van der Waals surface area contributed by atoms with Gasteiger partial charge in [0.15, 0.2) is 0 Å². The summed E-state index contributed by atoms with van der Waals surface area (Å²) in [6.07, 6.45) is 2.92. The number of benzene rings is 1. The molecule has 0 radical (unpaired) electrons. The van der Waals surface area contributed by atoms with E-state index in [0.29, 0.717) is 18.7 Å². The molecule has 92 valence electrons. The van der Waals surface area contributed by atoms with Gasteiger partial charge in [-0.2, -0.15) is 0 Å². The fourth-order valence-electron chi connectivity index (χ4n) is 1.68. The molecule has 1 aromatic carbocycles. The van der Waals surface area contributed by atoms with E-state index >= 15 is 0 Å². The van der Waals surface area contributed by atoms with Crippen molar-refractivity contribution in [3.63, 3.8) is 0 Å². The minimum atomic E-state index is -0.670. The number of aliphatic hydroxyl groups is 1. The van der Waals surface area contributed by atoms with Crippen LogP contribution in [0.2, 0.25) is 0 Å². The standard InChI is InChI=1S/C14H19NO2/c1-4-8-15(9-5-2)12-6-7-13(11(3)16)14(17)10-12/h4-7,10-11,16-17H,1-2,8-9H2,3H3. The smallest absolute Gasteiger partial charge is 0.123 e. The molecule has 0 saturated heterocycles. The van der Waals surface area contributed by atoms with Gasteiger partial charge in [0.25, 0.3) is 0 Å². The Morgan fingerprint density at radius 1 is 1.29 bits per heavy atom. The van der Waals surface area contributed by atoms with Crippen molar-refractivity contribution in [1.82, 2.24) is 0 Å². The summed E-state index contributed by atoms with van der Waals surface area (Å²) >= 11 is 0. The summed E-state index contributed by atoms with van der Waals surface area (Å²) in [7, 11) is 0. The summed E-state index contributed by atoms with van der Waals surface area (Å²) in [4.78, 5) is 2.02. The molecule has 0 aromatic heterocycles. The van der Waals surface area contributed by atoms with Crippen molar-refractivity contribution >= 4 is 5.69 Å². The Balaban J connectivity index is 3.00. The van der Waals surface area contributed by atoms with Crippen molar-refractivity contribution in [3.05, 3.63) is 49.1 Å². The number of rotatable bonds is 6. The van der Waals surface area contributed by atoms with E-state index in [1.165, 1.54) is 0 Å². The van der Waals surface area contributed by atoms with Crippen LogP contribution in [-0.2, 0) is 0 Å². The molecule has 0 saturated carbocycles. The van der Waals surface area contributed by atoms with Gasteiger partial charge in [0, 0.05) is 30.4 Å². The van der Waals surface area contributed by atoms with Gasteiger partial charge in [-0.05, 0) is 13.0 Å². The molecule has 1 atom stereocenters. The molecule has 1 aromatic rings. The maximum Gasteiger partial charge on any atom is 0.123 e. The number of hydrogen-bond acceptors (Lipinski definition) is 3. The zero-order valence-corrected chi connectivity index (χ0v) is 10.1. The van der Waals surface area contributed by atoms with Crippen molar-refractivity contribution in [2.75, 3.05) is 18.0 Å². The van der Waals surface area contributed by atoms with Gasteiger partial charge in [-0.15, -0.1) is 13.2 Å². The molecular formula is C14H19NO2. The van der Waals surface area contributed by atoms with Crippen LogP contribution in [0.3, 0.4) is 0 Å². The second kappa shape index (κ2) is 6.11. The largest absolute Gasteiger partial charge is 0.507 e. The Labute approximate surface area is 102 Å². The van der Waals surface area contributed by atoms with Crippen molar-refractivity contribution in [2.45, 2.75) is 13.0 Å². The number of hydrogen-bond donors (Lipinski definition) is 2. The lowest BCUT2D eigenvalue weighted by Crippen LogP contribution is -2.22. The third kappa shape index (κ3) is 3.36. The molecule has 0 heterocycles. The van der Waals surface area contributed by atoms with E-state index in [4.69, 9.17) is 0 Å². The highest BCUT2D eigenvalue weighted by Crippen LogP contribution is 2.28. The Bertz CT molecular complexity index is 389. The quantitative estimate of drug-likeness (QED) is 0.742. The Hall–Kier alpha value is -1.74. The van der Waals surface area contributed by atoms with E-state index in [2.05, 4.69) is 13.2 Å². The molecule has 0 fully saturated rings. The van der Waals surface area contributed by atoms with Gasteiger partial charge in [0.05, 0.1) is 6.10 Å². The fraction of sp³-hybridized carbons (Fsp3) is 0.286. The zero-order valence-electron chi connectivity index (χ0n) is 10.1. The van der Waals surface area contributed by atoms with Crippen LogP contribution in [-0.4, -0.2) is 23.3 Å². The van der Waals surface area contributed by atoms with Crippen molar-refractivity contribution < 1.29 is 10.2 Å². The van der Waals surface area contributed by atoms with Gasteiger partial charge >= 0.3 is 0 Å². The van der Waals surface area contributed by atoms with Gasteiger partial charge in [0.2, 0.25) is 0 Å². The van der Waals surface area contributed by atoms with Crippen molar-refractivity contribution in [2.24, 2.45) is 0 Å². The lowest BCUT2D eigenvalue weighted by atomic mass is 10.1. The second-order valence-electron chi connectivity index (χ2n) is 3.90.